The van der Waals surface area contributed by atoms with Crippen molar-refractivity contribution in [1.82, 2.24) is 14.6 Å². The molecule has 0 radical (unpaired) electrons. The Hall–Kier alpha value is -4.05. The van der Waals surface area contributed by atoms with Gasteiger partial charge in [0.1, 0.15) is 5.56 Å². The number of carbonyl (C=O) groups excluding carboxylic acids is 1. The SMILES string of the molecule is COc1cc([C@@H]2CC(c3c(O)n(-c4ccc(Cl)cc4)c(=O)[nH]c3=O)=NN2C(C)=O)ccc1O. The van der Waals surface area contributed by atoms with Crippen LogP contribution < -0.4 is 16.0 Å². The Kier molecular flexibility index (Phi) is 5.69. The average Bonchev–Trinajstić information content (AvgIpc) is 3.20. The van der Waals surface area contributed by atoms with Crippen LogP contribution in [-0.2, 0) is 4.79 Å². The van der Waals surface area contributed by atoms with Crippen molar-refractivity contribution in [3.8, 4) is 23.1 Å². The molecule has 1 atom stereocenters. The minimum atomic E-state index is -0.842. The topological polar surface area (TPSA) is 137 Å². The molecule has 0 bridgehead atoms. The quantitative estimate of drug-likeness (QED) is 0.535. The number of nitrogens with zero attached hydrogens (tertiary/aromatic N) is 3. The summed E-state index contributed by atoms with van der Waals surface area (Å²) in [5.74, 6) is -0.874. The fourth-order valence-corrected chi connectivity index (χ4v) is 3.85. The first kappa shape index (κ1) is 22.2. The molecule has 1 aromatic heterocycles. The summed E-state index contributed by atoms with van der Waals surface area (Å²) in [5.41, 5.74) is -0.922. The molecular weight excluding hydrogens is 452 g/mol. The Morgan fingerprint density at radius 1 is 1.18 bits per heavy atom. The van der Waals surface area contributed by atoms with Crippen molar-refractivity contribution in [1.29, 1.82) is 0 Å². The van der Waals surface area contributed by atoms with Crippen LogP contribution in [0.2, 0.25) is 5.02 Å². The zero-order valence-corrected chi connectivity index (χ0v) is 18.3. The van der Waals surface area contributed by atoms with Gasteiger partial charge in [-0.3, -0.25) is 14.6 Å². The number of phenolic OH excluding ortho intramolecular Hbond substituents is 1. The third-order valence-corrected chi connectivity index (χ3v) is 5.53. The Morgan fingerprint density at radius 3 is 2.52 bits per heavy atom. The van der Waals surface area contributed by atoms with Crippen molar-refractivity contribution in [3.05, 3.63) is 79.5 Å². The van der Waals surface area contributed by atoms with Gasteiger partial charge in [0.15, 0.2) is 11.5 Å². The second-order valence-electron chi connectivity index (χ2n) is 7.33. The van der Waals surface area contributed by atoms with Gasteiger partial charge in [-0.2, -0.15) is 5.10 Å². The number of rotatable bonds is 4. The predicted octanol–water partition coefficient (Wildman–Crippen LogP) is 2.30. The molecule has 3 N–H and O–H groups in total. The van der Waals surface area contributed by atoms with Gasteiger partial charge < -0.3 is 14.9 Å². The van der Waals surface area contributed by atoms with Crippen molar-refractivity contribution in [2.75, 3.05) is 7.11 Å². The molecule has 11 heteroatoms. The monoisotopic (exact) mass is 470 g/mol. The highest BCUT2D eigenvalue weighted by atomic mass is 35.5. The molecule has 4 rings (SSSR count). The van der Waals surface area contributed by atoms with Gasteiger partial charge in [-0.15, -0.1) is 0 Å². The number of carbonyl (C=O) groups is 1. The van der Waals surface area contributed by atoms with Crippen molar-refractivity contribution >= 4 is 23.2 Å². The van der Waals surface area contributed by atoms with Gasteiger partial charge in [0.2, 0.25) is 11.8 Å². The summed E-state index contributed by atoms with van der Waals surface area (Å²) in [4.78, 5) is 39.6. The fourth-order valence-electron chi connectivity index (χ4n) is 3.73. The van der Waals surface area contributed by atoms with Gasteiger partial charge in [0, 0.05) is 18.4 Å². The smallest absolute Gasteiger partial charge is 0.335 e. The van der Waals surface area contributed by atoms with Crippen LogP contribution >= 0.6 is 11.6 Å². The molecule has 2 heterocycles. The number of halogens is 1. The maximum Gasteiger partial charge on any atom is 0.335 e. The Bertz CT molecular complexity index is 1390. The van der Waals surface area contributed by atoms with E-state index in [0.29, 0.717) is 10.6 Å². The van der Waals surface area contributed by atoms with Gasteiger partial charge in [0.25, 0.3) is 5.56 Å². The maximum atomic E-state index is 12.7. The second kappa shape index (κ2) is 8.47. The largest absolute Gasteiger partial charge is 0.504 e. The van der Waals surface area contributed by atoms with E-state index in [4.69, 9.17) is 16.3 Å². The van der Waals surface area contributed by atoms with Crippen molar-refractivity contribution in [2.24, 2.45) is 5.10 Å². The van der Waals surface area contributed by atoms with E-state index in [1.54, 1.807) is 12.1 Å². The van der Waals surface area contributed by atoms with Gasteiger partial charge >= 0.3 is 5.69 Å². The highest BCUT2D eigenvalue weighted by molar-refractivity contribution is 6.30. The number of aromatic hydroxyl groups is 2. The number of hydrogen-bond donors (Lipinski definition) is 3. The van der Waals surface area contributed by atoms with Crippen LogP contribution in [0.3, 0.4) is 0 Å². The van der Waals surface area contributed by atoms with Crippen LogP contribution in [0.4, 0.5) is 0 Å². The van der Waals surface area contributed by atoms with Crippen molar-refractivity contribution < 1.29 is 19.7 Å². The van der Waals surface area contributed by atoms with Crippen LogP contribution in [0, 0.1) is 0 Å². The number of H-pyrrole nitrogens is 1. The van der Waals surface area contributed by atoms with E-state index in [2.05, 4.69) is 10.1 Å². The molecule has 10 nitrogen and oxygen atoms in total. The number of aromatic amines is 1. The molecule has 0 aliphatic carbocycles. The summed E-state index contributed by atoms with van der Waals surface area (Å²) in [7, 11) is 1.40. The van der Waals surface area contributed by atoms with E-state index < -0.39 is 29.1 Å². The summed E-state index contributed by atoms with van der Waals surface area (Å²) in [6.45, 7) is 1.32. The molecule has 2 aromatic carbocycles. The standard InChI is InChI=1S/C22H19ClN4O6/c1-11(28)27-16(12-3-8-17(29)18(9-12)33-2)10-15(25-27)19-20(30)24-22(32)26(21(19)31)14-6-4-13(23)5-7-14/h3-9,16,29,31H,10H2,1-2H3,(H,24,30,32)/t16-/m0/s1. The highest BCUT2D eigenvalue weighted by Crippen LogP contribution is 2.37. The predicted molar refractivity (Wildman–Crippen MR) is 120 cm³/mol. The number of phenols is 1. The van der Waals surface area contributed by atoms with Crippen LogP contribution in [0.25, 0.3) is 5.69 Å². The van der Waals surface area contributed by atoms with Gasteiger partial charge in [-0.1, -0.05) is 17.7 Å². The molecule has 0 fully saturated rings. The summed E-state index contributed by atoms with van der Waals surface area (Å²) in [5, 5.41) is 26.7. The average molecular weight is 471 g/mol. The molecule has 0 unspecified atom stereocenters. The van der Waals surface area contributed by atoms with E-state index in [-0.39, 0.29) is 34.9 Å². The molecule has 1 amide bonds. The minimum absolute atomic E-state index is 0.0705. The maximum absolute atomic E-state index is 12.7. The normalized spacial score (nSPS) is 15.4. The van der Waals surface area contributed by atoms with Gasteiger partial charge in [0.05, 0.1) is 24.6 Å². The van der Waals surface area contributed by atoms with Crippen molar-refractivity contribution in [3.63, 3.8) is 0 Å². The number of hydrazone groups is 1. The second-order valence-corrected chi connectivity index (χ2v) is 7.77. The van der Waals surface area contributed by atoms with Gasteiger partial charge in [-0.25, -0.2) is 14.4 Å². The lowest BCUT2D eigenvalue weighted by Crippen LogP contribution is -2.33. The number of ether oxygens (including phenoxy) is 1. The Balaban J connectivity index is 1.82. The zero-order valence-electron chi connectivity index (χ0n) is 17.6. The molecule has 170 valence electrons. The Morgan fingerprint density at radius 2 is 1.88 bits per heavy atom. The van der Waals surface area contributed by atoms with E-state index in [1.807, 2.05) is 0 Å². The number of hydrogen-bond acceptors (Lipinski definition) is 7. The number of nitrogens with one attached hydrogen (secondary N) is 1. The lowest BCUT2D eigenvalue weighted by atomic mass is 9.98. The first-order chi connectivity index (χ1) is 15.7. The minimum Gasteiger partial charge on any atom is -0.504 e. The van der Waals surface area contributed by atoms with E-state index in [0.717, 1.165) is 4.57 Å². The lowest BCUT2D eigenvalue weighted by molar-refractivity contribution is -0.130. The Labute approximate surface area is 191 Å². The van der Waals surface area contributed by atoms with Gasteiger partial charge in [-0.05, 0) is 42.0 Å². The fraction of sp³-hybridized carbons (Fsp3) is 0.182. The number of amides is 1. The molecule has 33 heavy (non-hydrogen) atoms. The summed E-state index contributed by atoms with van der Waals surface area (Å²) < 4.78 is 6.06. The summed E-state index contributed by atoms with van der Waals surface area (Å²) in [6.07, 6.45) is 0.0724. The third-order valence-electron chi connectivity index (χ3n) is 5.28. The zero-order chi connectivity index (χ0) is 23.9. The lowest BCUT2D eigenvalue weighted by Gasteiger charge is -2.21. The molecule has 1 aliphatic heterocycles. The highest BCUT2D eigenvalue weighted by Gasteiger charge is 2.35. The summed E-state index contributed by atoms with van der Waals surface area (Å²) in [6, 6.07) is 10.1. The number of aromatic nitrogens is 2. The summed E-state index contributed by atoms with van der Waals surface area (Å²) >= 11 is 5.90. The molecule has 0 saturated carbocycles. The van der Waals surface area contributed by atoms with Crippen LogP contribution in [0.5, 0.6) is 17.4 Å². The van der Waals surface area contributed by atoms with E-state index >= 15 is 0 Å². The molecule has 0 saturated heterocycles. The van der Waals surface area contributed by atoms with Crippen LogP contribution in [-0.4, -0.2) is 43.5 Å². The van der Waals surface area contributed by atoms with Crippen molar-refractivity contribution in [2.45, 2.75) is 19.4 Å². The molecular formula is C22H19ClN4O6. The first-order valence-electron chi connectivity index (χ1n) is 9.80. The number of methoxy groups -OCH3 is 1. The molecule has 1 aliphatic rings. The van der Waals surface area contributed by atoms with Crippen LogP contribution in [0.15, 0.2) is 57.2 Å². The first-order valence-corrected chi connectivity index (χ1v) is 10.2. The molecule has 3 aromatic rings. The number of benzene rings is 2. The molecule has 0 spiro atoms. The van der Waals surface area contributed by atoms with Crippen LogP contribution in [0.1, 0.15) is 30.5 Å². The third kappa shape index (κ3) is 3.96. The van der Waals surface area contributed by atoms with E-state index in [1.165, 1.54) is 49.4 Å². The van der Waals surface area contributed by atoms with E-state index in [9.17, 15) is 24.6 Å².